The Morgan fingerprint density at radius 1 is 1.21 bits per heavy atom. The summed E-state index contributed by atoms with van der Waals surface area (Å²) in [5.41, 5.74) is 4.67. The summed E-state index contributed by atoms with van der Waals surface area (Å²) in [6.45, 7) is 9.13. The number of rotatable bonds is 11. The fourth-order valence-corrected chi connectivity index (χ4v) is 3.89. The molecule has 0 bridgehead atoms. The third-order valence-electron chi connectivity index (χ3n) is 5.87. The highest BCUT2D eigenvalue weighted by atomic mass is 16.5. The summed E-state index contributed by atoms with van der Waals surface area (Å²) >= 11 is 0. The van der Waals surface area contributed by atoms with Gasteiger partial charge in [0.2, 0.25) is 0 Å². The number of ether oxygens (including phenoxy) is 2. The molecule has 0 radical (unpaired) electrons. The summed E-state index contributed by atoms with van der Waals surface area (Å²) < 4.78 is 10.8. The number of H-pyrrole nitrogens is 1. The Bertz CT molecular complexity index is 1370. The lowest BCUT2D eigenvalue weighted by molar-refractivity contribution is -0.124. The van der Waals surface area contributed by atoms with Gasteiger partial charge in [-0.3, -0.25) is 10.1 Å². The molecule has 38 heavy (non-hydrogen) atoms. The van der Waals surface area contributed by atoms with Crippen LogP contribution in [-0.2, 0) is 9.53 Å². The number of aromatic nitrogens is 2. The number of carbonyl (C=O) groups is 2. The minimum atomic E-state index is -0.630. The van der Waals surface area contributed by atoms with Crippen molar-refractivity contribution in [2.45, 2.75) is 13.8 Å². The van der Waals surface area contributed by atoms with Crippen molar-refractivity contribution in [3.8, 4) is 16.9 Å². The fraction of sp³-hybridized carbons (Fsp3) is 0.276. The number of para-hydroxylation sites is 1. The minimum absolute atomic E-state index is 0.217. The highest BCUT2D eigenvalue weighted by Gasteiger charge is 2.18. The van der Waals surface area contributed by atoms with Gasteiger partial charge < -0.3 is 24.7 Å². The molecule has 0 unspecified atom stereocenters. The Balaban J connectivity index is 2.02. The van der Waals surface area contributed by atoms with Gasteiger partial charge in [0.15, 0.2) is 0 Å². The first-order valence-corrected chi connectivity index (χ1v) is 12.3. The predicted octanol–water partition coefficient (Wildman–Crippen LogP) is 4.51. The lowest BCUT2D eigenvalue weighted by atomic mass is 9.99. The van der Waals surface area contributed by atoms with E-state index in [0.717, 1.165) is 40.0 Å². The smallest absolute Gasteiger partial charge is 0.411 e. The number of hydrogen-bond donors (Lipinski definition) is 3. The largest absolute Gasteiger partial charge is 0.496 e. The molecule has 2 aromatic heterocycles. The van der Waals surface area contributed by atoms with E-state index in [1.165, 1.54) is 4.90 Å². The molecule has 2 heterocycles. The first-order valence-electron chi connectivity index (χ1n) is 12.3. The van der Waals surface area contributed by atoms with Crippen LogP contribution in [0.5, 0.6) is 5.75 Å². The van der Waals surface area contributed by atoms with Crippen LogP contribution in [0.15, 0.2) is 72.7 Å². The van der Waals surface area contributed by atoms with Gasteiger partial charge in [0.05, 0.1) is 12.7 Å². The van der Waals surface area contributed by atoms with E-state index in [1.807, 2.05) is 43.5 Å². The van der Waals surface area contributed by atoms with E-state index in [-0.39, 0.29) is 12.5 Å². The Morgan fingerprint density at radius 2 is 1.97 bits per heavy atom. The zero-order valence-electron chi connectivity index (χ0n) is 22.6. The monoisotopic (exact) mass is 517 g/mol. The second kappa shape index (κ2) is 13.3. The Morgan fingerprint density at radius 3 is 2.66 bits per heavy atom. The van der Waals surface area contributed by atoms with E-state index in [1.54, 1.807) is 46.5 Å². The number of hydrogen-bond acceptors (Lipinski definition) is 6. The molecule has 0 aliphatic rings. The molecule has 1 aromatic carbocycles. The molecule has 9 nitrogen and oxygen atoms in total. The van der Waals surface area contributed by atoms with Crippen LogP contribution in [0.25, 0.3) is 27.7 Å². The molecular weight excluding hydrogens is 482 g/mol. The third kappa shape index (κ3) is 6.68. The van der Waals surface area contributed by atoms with E-state index in [4.69, 9.17) is 9.47 Å². The van der Waals surface area contributed by atoms with E-state index in [0.29, 0.717) is 23.4 Å². The van der Waals surface area contributed by atoms with Gasteiger partial charge in [-0.25, -0.2) is 9.78 Å². The SMILES string of the molecule is C=C/C(=C\C(C(=O)N(C)C)=C(/C)NC(=O)OCCNCC)c1cnc2[nH]cc(-c3ccccc3OC)c2c1. The number of allylic oxidation sites excluding steroid dienone is 3. The molecule has 3 aromatic rings. The van der Waals surface area contributed by atoms with E-state index < -0.39 is 6.09 Å². The molecule has 3 rings (SSSR count). The van der Waals surface area contributed by atoms with Crippen molar-refractivity contribution in [3.05, 3.63) is 78.3 Å². The Labute approximate surface area is 223 Å². The number of amides is 2. The second-order valence-electron chi connectivity index (χ2n) is 8.68. The average Bonchev–Trinajstić information content (AvgIpc) is 3.34. The zero-order valence-corrected chi connectivity index (χ0v) is 22.6. The Kier molecular flexibility index (Phi) is 9.84. The molecule has 0 saturated carbocycles. The number of nitrogens with zero attached hydrogens (tertiary/aromatic N) is 2. The first-order chi connectivity index (χ1) is 18.3. The normalized spacial score (nSPS) is 12.1. The van der Waals surface area contributed by atoms with E-state index in [9.17, 15) is 9.59 Å². The summed E-state index contributed by atoms with van der Waals surface area (Å²) in [4.78, 5) is 34.6. The predicted molar refractivity (Wildman–Crippen MR) is 151 cm³/mol. The van der Waals surface area contributed by atoms with Crippen LogP contribution < -0.4 is 15.4 Å². The number of pyridine rings is 1. The van der Waals surface area contributed by atoms with Crippen LogP contribution in [0.1, 0.15) is 19.4 Å². The van der Waals surface area contributed by atoms with Crippen molar-refractivity contribution in [3.63, 3.8) is 0 Å². The number of carbonyl (C=O) groups excluding carboxylic acids is 2. The average molecular weight is 518 g/mol. The number of alkyl carbamates (subject to hydrolysis) is 1. The van der Waals surface area contributed by atoms with Crippen molar-refractivity contribution < 1.29 is 19.1 Å². The quantitative estimate of drug-likeness (QED) is 0.196. The lowest BCUT2D eigenvalue weighted by Gasteiger charge is -2.16. The molecule has 9 heteroatoms. The van der Waals surface area contributed by atoms with Crippen LogP contribution >= 0.6 is 0 Å². The molecule has 0 fully saturated rings. The van der Waals surface area contributed by atoms with E-state index >= 15 is 0 Å². The van der Waals surface area contributed by atoms with Gasteiger partial charge in [0.1, 0.15) is 18.0 Å². The number of nitrogens with one attached hydrogen (secondary N) is 3. The van der Waals surface area contributed by atoms with Gasteiger partial charge in [0, 0.05) is 60.8 Å². The van der Waals surface area contributed by atoms with Crippen LogP contribution in [0, 0.1) is 0 Å². The highest BCUT2D eigenvalue weighted by Crippen LogP contribution is 2.35. The summed E-state index contributed by atoms with van der Waals surface area (Å²) in [7, 11) is 4.94. The van der Waals surface area contributed by atoms with Gasteiger partial charge in [-0.1, -0.05) is 37.8 Å². The fourth-order valence-electron chi connectivity index (χ4n) is 3.89. The topological polar surface area (TPSA) is 109 Å². The molecule has 0 aliphatic carbocycles. The molecular formula is C29H35N5O4. The number of methoxy groups -OCH3 is 1. The third-order valence-corrected chi connectivity index (χ3v) is 5.87. The number of likely N-dealkylation sites (N-methyl/N-ethyl adjacent to an activating group) is 2. The molecule has 0 spiro atoms. The summed E-state index contributed by atoms with van der Waals surface area (Å²) in [5.74, 6) is 0.472. The summed E-state index contributed by atoms with van der Waals surface area (Å²) in [6, 6.07) is 9.76. The summed E-state index contributed by atoms with van der Waals surface area (Å²) in [5, 5.41) is 6.65. The molecule has 0 saturated heterocycles. The van der Waals surface area contributed by atoms with Gasteiger partial charge in [0.25, 0.3) is 5.91 Å². The second-order valence-corrected chi connectivity index (χ2v) is 8.68. The number of fused-ring (bicyclic) bond motifs is 1. The lowest BCUT2D eigenvalue weighted by Crippen LogP contribution is -2.30. The van der Waals surface area contributed by atoms with Crippen LogP contribution in [0.4, 0.5) is 4.79 Å². The maximum absolute atomic E-state index is 13.1. The van der Waals surface area contributed by atoms with Crippen LogP contribution in [0.3, 0.4) is 0 Å². The maximum Gasteiger partial charge on any atom is 0.411 e. The van der Waals surface area contributed by atoms with Gasteiger partial charge in [-0.15, -0.1) is 0 Å². The zero-order chi connectivity index (χ0) is 27.7. The number of benzene rings is 1. The minimum Gasteiger partial charge on any atom is -0.496 e. The maximum atomic E-state index is 13.1. The molecule has 3 N–H and O–H groups in total. The highest BCUT2D eigenvalue weighted by molar-refractivity contribution is 6.01. The molecule has 2 amide bonds. The van der Waals surface area contributed by atoms with Crippen molar-refractivity contribution in [1.29, 1.82) is 0 Å². The standard InChI is InChI=1S/C29H35N5O4/c1-7-20(15-23(28(35)34(4)5)19(3)33-29(36)38-14-13-30-8-2)21-16-24-25(18-32-27(24)31-17-21)22-11-9-10-12-26(22)37-6/h7,9-12,15-18,30H,1,8,13-14H2,2-6H3,(H,31,32)(H,33,36)/b20-15+,23-19-. The van der Waals surface area contributed by atoms with Crippen LogP contribution in [-0.4, -0.2) is 67.8 Å². The van der Waals surface area contributed by atoms with Crippen molar-refractivity contribution in [2.75, 3.05) is 40.9 Å². The Hall–Kier alpha value is -4.37. The summed E-state index contributed by atoms with van der Waals surface area (Å²) in [6.07, 6.45) is 6.33. The van der Waals surface area contributed by atoms with Gasteiger partial charge in [-0.2, -0.15) is 0 Å². The van der Waals surface area contributed by atoms with Gasteiger partial charge in [-0.05, 0) is 37.3 Å². The molecule has 0 atom stereocenters. The van der Waals surface area contributed by atoms with Crippen molar-refractivity contribution >= 4 is 28.6 Å². The molecule has 0 aliphatic heterocycles. The van der Waals surface area contributed by atoms with Crippen molar-refractivity contribution in [1.82, 2.24) is 25.5 Å². The molecule has 200 valence electrons. The van der Waals surface area contributed by atoms with E-state index in [2.05, 4.69) is 27.2 Å². The van der Waals surface area contributed by atoms with Gasteiger partial charge >= 0.3 is 6.09 Å². The number of aromatic amines is 1. The first kappa shape index (κ1) is 28.2. The van der Waals surface area contributed by atoms with Crippen molar-refractivity contribution in [2.24, 2.45) is 0 Å². The van der Waals surface area contributed by atoms with Crippen LogP contribution in [0.2, 0.25) is 0 Å².